The summed E-state index contributed by atoms with van der Waals surface area (Å²) in [6.45, 7) is 1.70. The highest BCUT2D eigenvalue weighted by Crippen LogP contribution is 2.30. The standard InChI is InChI=1S/C11H10BrN3O2S/c1-5-8(11(16)17-2)9(13)15-10(14-5)6-3-4-7(12)18-6/h3-4H,1-2H3,(H2,13,14,15). The van der Waals surface area contributed by atoms with E-state index >= 15 is 0 Å². The van der Waals surface area contributed by atoms with Crippen molar-refractivity contribution >= 4 is 39.1 Å². The number of nitrogens with two attached hydrogens (primary N) is 1. The second-order valence-electron chi connectivity index (χ2n) is 3.49. The number of esters is 1. The third-order valence-electron chi connectivity index (χ3n) is 2.30. The normalized spacial score (nSPS) is 10.4. The van der Waals surface area contributed by atoms with Crippen LogP contribution in [0, 0.1) is 6.92 Å². The summed E-state index contributed by atoms with van der Waals surface area (Å²) in [5.74, 6) is 0.117. The fraction of sp³-hybridized carbons (Fsp3) is 0.182. The number of ether oxygens (including phenoxy) is 1. The second-order valence-corrected chi connectivity index (χ2v) is 5.95. The number of aryl methyl sites for hydroxylation is 1. The summed E-state index contributed by atoms with van der Waals surface area (Å²) in [6.07, 6.45) is 0. The molecule has 0 unspecified atom stereocenters. The van der Waals surface area contributed by atoms with E-state index < -0.39 is 5.97 Å². The molecule has 0 aliphatic rings. The Balaban J connectivity index is 2.52. The van der Waals surface area contributed by atoms with Crippen molar-refractivity contribution in [3.63, 3.8) is 0 Å². The van der Waals surface area contributed by atoms with Gasteiger partial charge in [0.1, 0.15) is 11.4 Å². The lowest BCUT2D eigenvalue weighted by molar-refractivity contribution is 0.0600. The van der Waals surface area contributed by atoms with Crippen molar-refractivity contribution in [2.24, 2.45) is 0 Å². The highest BCUT2D eigenvalue weighted by atomic mass is 79.9. The first-order valence-electron chi connectivity index (χ1n) is 5.01. The minimum Gasteiger partial charge on any atom is -0.465 e. The summed E-state index contributed by atoms with van der Waals surface area (Å²) in [7, 11) is 1.30. The molecule has 5 nitrogen and oxygen atoms in total. The summed E-state index contributed by atoms with van der Waals surface area (Å²) < 4.78 is 5.62. The number of aromatic nitrogens is 2. The van der Waals surface area contributed by atoms with E-state index in [1.807, 2.05) is 12.1 Å². The maximum Gasteiger partial charge on any atom is 0.343 e. The van der Waals surface area contributed by atoms with E-state index in [4.69, 9.17) is 5.73 Å². The van der Waals surface area contributed by atoms with Gasteiger partial charge in [0.05, 0.1) is 21.5 Å². The third-order valence-corrected chi connectivity index (χ3v) is 3.92. The first-order valence-corrected chi connectivity index (χ1v) is 6.62. The number of methoxy groups -OCH3 is 1. The van der Waals surface area contributed by atoms with Crippen LogP contribution in [-0.2, 0) is 4.74 Å². The van der Waals surface area contributed by atoms with E-state index in [1.54, 1.807) is 6.92 Å². The smallest absolute Gasteiger partial charge is 0.343 e. The minimum absolute atomic E-state index is 0.133. The van der Waals surface area contributed by atoms with Crippen LogP contribution in [0.25, 0.3) is 10.7 Å². The Morgan fingerprint density at radius 3 is 2.67 bits per heavy atom. The van der Waals surface area contributed by atoms with Crippen LogP contribution in [0.1, 0.15) is 16.1 Å². The maximum absolute atomic E-state index is 11.5. The Hall–Kier alpha value is -1.47. The van der Waals surface area contributed by atoms with Crippen molar-refractivity contribution in [3.05, 3.63) is 27.2 Å². The first-order chi connectivity index (χ1) is 8.52. The second kappa shape index (κ2) is 5.03. The number of hydrogen-bond acceptors (Lipinski definition) is 6. The van der Waals surface area contributed by atoms with E-state index in [0.717, 1.165) is 8.66 Å². The van der Waals surface area contributed by atoms with Gasteiger partial charge in [0.15, 0.2) is 5.82 Å². The van der Waals surface area contributed by atoms with Crippen LogP contribution in [0.5, 0.6) is 0 Å². The first kappa shape index (κ1) is 13.0. The summed E-state index contributed by atoms with van der Waals surface area (Å²) in [4.78, 5) is 20.8. The van der Waals surface area contributed by atoms with Gasteiger partial charge in [-0.1, -0.05) is 0 Å². The summed E-state index contributed by atoms with van der Waals surface area (Å²) >= 11 is 4.87. The number of carbonyl (C=O) groups is 1. The summed E-state index contributed by atoms with van der Waals surface area (Å²) in [5.41, 5.74) is 6.51. The summed E-state index contributed by atoms with van der Waals surface area (Å²) in [6, 6.07) is 3.80. The van der Waals surface area contributed by atoms with Crippen molar-refractivity contribution in [1.82, 2.24) is 9.97 Å². The molecular formula is C11H10BrN3O2S. The van der Waals surface area contributed by atoms with Crippen LogP contribution >= 0.6 is 27.3 Å². The Morgan fingerprint density at radius 2 is 2.17 bits per heavy atom. The monoisotopic (exact) mass is 327 g/mol. The molecule has 0 saturated carbocycles. The van der Waals surface area contributed by atoms with Crippen LogP contribution in [0.2, 0.25) is 0 Å². The zero-order valence-corrected chi connectivity index (χ0v) is 12.1. The van der Waals surface area contributed by atoms with Gasteiger partial charge in [-0.2, -0.15) is 0 Å². The number of hydrogen-bond donors (Lipinski definition) is 1. The van der Waals surface area contributed by atoms with Gasteiger partial charge in [-0.15, -0.1) is 11.3 Å². The SMILES string of the molecule is COC(=O)c1c(C)nc(-c2ccc(Br)s2)nc1N. The number of nitrogen functional groups attached to an aromatic ring is 1. The number of halogens is 1. The minimum atomic E-state index is -0.524. The largest absolute Gasteiger partial charge is 0.465 e. The lowest BCUT2D eigenvalue weighted by Gasteiger charge is -2.07. The number of carbonyl (C=O) groups excluding carboxylic acids is 1. The molecule has 0 aromatic carbocycles. The van der Waals surface area contributed by atoms with Gasteiger partial charge in [0.25, 0.3) is 0 Å². The number of anilines is 1. The Labute approximate surface area is 116 Å². The average molecular weight is 328 g/mol. The van der Waals surface area contributed by atoms with Gasteiger partial charge in [-0.05, 0) is 35.0 Å². The zero-order valence-electron chi connectivity index (χ0n) is 9.73. The molecule has 2 rings (SSSR count). The fourth-order valence-electron chi connectivity index (χ4n) is 1.49. The molecule has 2 aromatic heterocycles. The molecule has 18 heavy (non-hydrogen) atoms. The predicted molar refractivity (Wildman–Crippen MR) is 73.5 cm³/mol. The van der Waals surface area contributed by atoms with Crippen molar-refractivity contribution in [3.8, 4) is 10.7 Å². The molecule has 94 valence electrons. The third kappa shape index (κ3) is 2.37. The Bertz CT molecular complexity index is 589. The Morgan fingerprint density at radius 1 is 1.44 bits per heavy atom. The van der Waals surface area contributed by atoms with Crippen molar-refractivity contribution in [2.45, 2.75) is 6.92 Å². The highest BCUT2D eigenvalue weighted by molar-refractivity contribution is 9.11. The molecule has 0 saturated heterocycles. The van der Waals surface area contributed by atoms with Crippen LogP contribution in [0.15, 0.2) is 15.9 Å². The molecule has 0 aliphatic carbocycles. The maximum atomic E-state index is 11.5. The molecule has 0 radical (unpaired) electrons. The van der Waals surface area contributed by atoms with Gasteiger partial charge >= 0.3 is 5.97 Å². The number of rotatable bonds is 2. The molecule has 7 heteroatoms. The van der Waals surface area contributed by atoms with Gasteiger partial charge in [-0.3, -0.25) is 0 Å². The van der Waals surface area contributed by atoms with Gasteiger partial charge in [0, 0.05) is 0 Å². The van der Waals surface area contributed by atoms with E-state index in [9.17, 15) is 4.79 Å². The average Bonchev–Trinajstić information content (AvgIpc) is 2.74. The fourth-order valence-corrected chi connectivity index (χ4v) is 2.81. The van der Waals surface area contributed by atoms with E-state index in [0.29, 0.717) is 11.5 Å². The lowest BCUT2D eigenvalue weighted by atomic mass is 10.2. The van der Waals surface area contributed by atoms with E-state index in [-0.39, 0.29) is 11.4 Å². The van der Waals surface area contributed by atoms with Crippen LogP contribution in [-0.4, -0.2) is 23.0 Å². The molecule has 0 amide bonds. The quantitative estimate of drug-likeness (QED) is 0.858. The van der Waals surface area contributed by atoms with Crippen molar-refractivity contribution in [1.29, 1.82) is 0 Å². The zero-order chi connectivity index (χ0) is 13.3. The lowest BCUT2D eigenvalue weighted by Crippen LogP contribution is -2.12. The summed E-state index contributed by atoms with van der Waals surface area (Å²) in [5, 5.41) is 0. The predicted octanol–water partition coefficient (Wildman–Crippen LogP) is 2.64. The van der Waals surface area contributed by atoms with Crippen molar-refractivity contribution < 1.29 is 9.53 Å². The Kier molecular flexibility index (Phi) is 3.63. The van der Waals surface area contributed by atoms with E-state index in [2.05, 4.69) is 30.6 Å². The van der Waals surface area contributed by atoms with Crippen LogP contribution in [0.3, 0.4) is 0 Å². The molecule has 0 bridgehead atoms. The topological polar surface area (TPSA) is 78.1 Å². The van der Waals surface area contributed by atoms with Gasteiger partial charge < -0.3 is 10.5 Å². The highest BCUT2D eigenvalue weighted by Gasteiger charge is 2.18. The van der Waals surface area contributed by atoms with Gasteiger partial charge in [0.2, 0.25) is 0 Å². The molecule has 2 N–H and O–H groups in total. The molecule has 0 fully saturated rings. The molecule has 0 atom stereocenters. The van der Waals surface area contributed by atoms with Crippen LogP contribution < -0.4 is 5.73 Å². The van der Waals surface area contributed by atoms with E-state index in [1.165, 1.54) is 18.4 Å². The van der Waals surface area contributed by atoms with Crippen LogP contribution in [0.4, 0.5) is 5.82 Å². The van der Waals surface area contributed by atoms with Crippen molar-refractivity contribution in [2.75, 3.05) is 12.8 Å². The molecular weight excluding hydrogens is 318 g/mol. The molecule has 2 aromatic rings. The number of nitrogens with zero attached hydrogens (tertiary/aromatic N) is 2. The van der Waals surface area contributed by atoms with Gasteiger partial charge in [-0.25, -0.2) is 14.8 Å². The molecule has 0 spiro atoms. The number of thiophene rings is 1. The molecule has 0 aliphatic heterocycles. The molecule has 2 heterocycles.